The molecule has 1 unspecified atom stereocenters. The molecule has 1 aromatic carbocycles. The van der Waals surface area contributed by atoms with Crippen LogP contribution in [0.4, 0.5) is 4.39 Å². The minimum Gasteiger partial charge on any atom is -0.340 e. The molecule has 1 heterocycles. The minimum absolute atomic E-state index is 0.0219. The molecular weight excluding hydrogens is 319 g/mol. The molecule has 2 fully saturated rings. The van der Waals surface area contributed by atoms with Crippen molar-refractivity contribution < 1.29 is 14.0 Å². The van der Waals surface area contributed by atoms with Gasteiger partial charge in [0.15, 0.2) is 0 Å². The lowest BCUT2D eigenvalue weighted by Gasteiger charge is -2.35. The normalized spacial score (nSPS) is 22.9. The summed E-state index contributed by atoms with van der Waals surface area (Å²) in [5.41, 5.74) is 0.700. The van der Waals surface area contributed by atoms with Crippen LogP contribution in [0, 0.1) is 17.2 Å². The van der Waals surface area contributed by atoms with Crippen LogP contribution in [0.15, 0.2) is 24.3 Å². The largest absolute Gasteiger partial charge is 0.340 e. The molecule has 1 aliphatic carbocycles. The second-order valence-corrected chi connectivity index (χ2v) is 8.02. The number of benzene rings is 1. The van der Waals surface area contributed by atoms with Gasteiger partial charge in [0.2, 0.25) is 11.8 Å². The van der Waals surface area contributed by atoms with Crippen molar-refractivity contribution >= 4 is 11.8 Å². The van der Waals surface area contributed by atoms with Crippen LogP contribution in [0.2, 0.25) is 0 Å². The van der Waals surface area contributed by atoms with Gasteiger partial charge in [-0.1, -0.05) is 32.9 Å². The molecule has 5 heteroatoms. The first-order chi connectivity index (χ1) is 11.8. The fourth-order valence-corrected chi connectivity index (χ4v) is 3.51. The monoisotopic (exact) mass is 346 g/mol. The second kappa shape index (κ2) is 6.77. The molecule has 0 aromatic heterocycles. The van der Waals surface area contributed by atoms with E-state index in [1.807, 2.05) is 16.7 Å². The highest BCUT2D eigenvalue weighted by Crippen LogP contribution is 2.46. The first kappa shape index (κ1) is 17.9. The van der Waals surface area contributed by atoms with Crippen molar-refractivity contribution in [2.24, 2.45) is 11.3 Å². The highest BCUT2D eigenvalue weighted by atomic mass is 19.1. The molecule has 25 heavy (non-hydrogen) atoms. The van der Waals surface area contributed by atoms with Crippen LogP contribution in [-0.2, 0) is 16.1 Å². The SMILES string of the molecule is CC(C)C1CN(C(=O)C2(C)CC2)CCC(=O)N1Cc1ccc(F)cc1. The summed E-state index contributed by atoms with van der Waals surface area (Å²) in [6.45, 7) is 7.73. The first-order valence-corrected chi connectivity index (χ1v) is 9.13. The summed E-state index contributed by atoms with van der Waals surface area (Å²) in [6, 6.07) is 6.27. The summed E-state index contributed by atoms with van der Waals surface area (Å²) in [6.07, 6.45) is 2.25. The third-order valence-corrected chi connectivity index (χ3v) is 5.56. The molecular formula is C20H27FN2O2. The lowest BCUT2D eigenvalue weighted by molar-refractivity contribution is -0.137. The summed E-state index contributed by atoms with van der Waals surface area (Å²) in [5.74, 6) is 0.222. The van der Waals surface area contributed by atoms with Crippen molar-refractivity contribution in [3.63, 3.8) is 0 Å². The van der Waals surface area contributed by atoms with Crippen molar-refractivity contribution in [2.75, 3.05) is 13.1 Å². The average molecular weight is 346 g/mol. The third kappa shape index (κ3) is 3.86. The van der Waals surface area contributed by atoms with Crippen molar-refractivity contribution in [2.45, 2.75) is 52.6 Å². The molecule has 0 bridgehead atoms. The lowest BCUT2D eigenvalue weighted by atomic mass is 10.00. The smallest absolute Gasteiger partial charge is 0.228 e. The van der Waals surface area contributed by atoms with E-state index in [2.05, 4.69) is 13.8 Å². The van der Waals surface area contributed by atoms with Crippen molar-refractivity contribution in [1.29, 1.82) is 0 Å². The van der Waals surface area contributed by atoms with Gasteiger partial charge in [-0.05, 0) is 36.5 Å². The van der Waals surface area contributed by atoms with Gasteiger partial charge in [0.05, 0.1) is 6.04 Å². The van der Waals surface area contributed by atoms with E-state index in [-0.39, 0.29) is 35.0 Å². The molecule has 0 spiro atoms. The molecule has 3 rings (SSSR count). The Morgan fingerprint density at radius 1 is 1.28 bits per heavy atom. The molecule has 1 aliphatic heterocycles. The van der Waals surface area contributed by atoms with Gasteiger partial charge in [0.1, 0.15) is 5.82 Å². The van der Waals surface area contributed by atoms with E-state index in [0.29, 0.717) is 26.1 Å². The van der Waals surface area contributed by atoms with E-state index >= 15 is 0 Å². The van der Waals surface area contributed by atoms with Crippen LogP contribution in [0.5, 0.6) is 0 Å². The predicted octanol–water partition coefficient (Wildman–Crippen LogP) is 3.21. The van der Waals surface area contributed by atoms with Crippen LogP contribution in [0.1, 0.15) is 45.6 Å². The first-order valence-electron chi connectivity index (χ1n) is 9.13. The van der Waals surface area contributed by atoms with Gasteiger partial charge in [-0.3, -0.25) is 9.59 Å². The van der Waals surface area contributed by atoms with Gasteiger partial charge in [-0.2, -0.15) is 0 Å². The maximum atomic E-state index is 13.1. The van der Waals surface area contributed by atoms with Gasteiger partial charge in [0, 0.05) is 31.5 Å². The highest BCUT2D eigenvalue weighted by molar-refractivity contribution is 5.86. The molecule has 1 atom stereocenters. The Balaban J connectivity index is 1.80. The Hall–Kier alpha value is -1.91. The molecule has 1 saturated carbocycles. The fourth-order valence-electron chi connectivity index (χ4n) is 3.51. The topological polar surface area (TPSA) is 40.6 Å². The molecule has 0 radical (unpaired) electrons. The maximum Gasteiger partial charge on any atom is 0.228 e. The molecule has 1 saturated heterocycles. The van der Waals surface area contributed by atoms with Crippen LogP contribution in [0.3, 0.4) is 0 Å². The van der Waals surface area contributed by atoms with Gasteiger partial charge < -0.3 is 9.80 Å². The van der Waals surface area contributed by atoms with E-state index in [1.54, 1.807) is 12.1 Å². The molecule has 2 amide bonds. The zero-order valence-corrected chi connectivity index (χ0v) is 15.3. The maximum absolute atomic E-state index is 13.1. The summed E-state index contributed by atoms with van der Waals surface area (Å²) < 4.78 is 13.1. The van der Waals surface area contributed by atoms with Crippen LogP contribution >= 0.6 is 0 Å². The zero-order chi connectivity index (χ0) is 18.2. The zero-order valence-electron chi connectivity index (χ0n) is 15.3. The fraction of sp³-hybridized carbons (Fsp3) is 0.600. The number of hydrogen-bond donors (Lipinski definition) is 0. The van der Waals surface area contributed by atoms with E-state index in [9.17, 15) is 14.0 Å². The van der Waals surface area contributed by atoms with E-state index in [4.69, 9.17) is 0 Å². The summed E-state index contributed by atoms with van der Waals surface area (Å²) >= 11 is 0. The van der Waals surface area contributed by atoms with Crippen LogP contribution < -0.4 is 0 Å². The highest BCUT2D eigenvalue weighted by Gasteiger charge is 2.48. The van der Waals surface area contributed by atoms with Gasteiger partial charge >= 0.3 is 0 Å². The number of carbonyl (C=O) groups excluding carboxylic acids is 2. The Morgan fingerprint density at radius 3 is 2.48 bits per heavy atom. The predicted molar refractivity (Wildman–Crippen MR) is 94.1 cm³/mol. The molecule has 1 aromatic rings. The number of carbonyl (C=O) groups is 2. The van der Waals surface area contributed by atoms with E-state index in [1.165, 1.54) is 12.1 Å². The Labute approximate surface area is 149 Å². The molecule has 2 aliphatic rings. The van der Waals surface area contributed by atoms with Gasteiger partial charge in [-0.25, -0.2) is 4.39 Å². The minimum atomic E-state index is -0.277. The van der Waals surface area contributed by atoms with Crippen molar-refractivity contribution in [3.8, 4) is 0 Å². The number of nitrogens with zero attached hydrogens (tertiary/aromatic N) is 2. The van der Waals surface area contributed by atoms with E-state index < -0.39 is 0 Å². The Kier molecular flexibility index (Phi) is 4.85. The van der Waals surface area contributed by atoms with Crippen molar-refractivity contribution in [3.05, 3.63) is 35.6 Å². The number of amides is 2. The quantitative estimate of drug-likeness (QED) is 0.840. The number of hydrogen-bond acceptors (Lipinski definition) is 2. The second-order valence-electron chi connectivity index (χ2n) is 8.02. The summed E-state index contributed by atoms with van der Waals surface area (Å²) in [5, 5.41) is 0. The number of halogens is 1. The van der Waals surface area contributed by atoms with Crippen molar-refractivity contribution in [1.82, 2.24) is 9.80 Å². The Morgan fingerprint density at radius 2 is 1.92 bits per heavy atom. The summed E-state index contributed by atoms with van der Waals surface area (Å²) in [4.78, 5) is 29.3. The van der Waals surface area contributed by atoms with Gasteiger partial charge in [0.25, 0.3) is 0 Å². The van der Waals surface area contributed by atoms with Crippen LogP contribution in [-0.4, -0.2) is 40.7 Å². The summed E-state index contributed by atoms with van der Waals surface area (Å²) in [7, 11) is 0. The van der Waals surface area contributed by atoms with Crippen LogP contribution in [0.25, 0.3) is 0 Å². The average Bonchev–Trinajstić information content (AvgIpc) is 3.34. The molecule has 4 nitrogen and oxygen atoms in total. The lowest BCUT2D eigenvalue weighted by Crippen LogP contribution is -2.48. The molecule has 0 N–H and O–H groups in total. The van der Waals surface area contributed by atoms with Gasteiger partial charge in [-0.15, -0.1) is 0 Å². The number of rotatable bonds is 4. The van der Waals surface area contributed by atoms with E-state index in [0.717, 1.165) is 18.4 Å². The molecule has 136 valence electrons. The third-order valence-electron chi connectivity index (χ3n) is 5.56. The standard InChI is InChI=1S/C20H27FN2O2/c1-14(2)17-13-22(19(25)20(3)9-10-20)11-8-18(24)23(17)12-15-4-6-16(21)7-5-15/h4-7,14,17H,8-13H2,1-3H3. The Bertz CT molecular complexity index is 652.